The van der Waals surface area contributed by atoms with Crippen molar-refractivity contribution < 1.29 is 22.4 Å². The number of fused-ring (bicyclic) bond motifs is 1. The van der Waals surface area contributed by atoms with Crippen LogP contribution < -0.4 is 15.2 Å². The second kappa shape index (κ2) is 8.95. The van der Waals surface area contributed by atoms with Crippen LogP contribution in [0.5, 0.6) is 5.75 Å². The monoisotopic (exact) mass is 442 g/mol. The summed E-state index contributed by atoms with van der Waals surface area (Å²) in [6.45, 7) is 8.42. The number of amides is 1. The van der Waals surface area contributed by atoms with E-state index in [4.69, 9.17) is 14.3 Å². The van der Waals surface area contributed by atoms with E-state index in [2.05, 4.69) is 5.32 Å². The number of rotatable bonds is 7. The van der Waals surface area contributed by atoms with Gasteiger partial charge in [0.15, 0.2) is 0 Å². The number of aryl methyl sites for hydroxylation is 2. The lowest BCUT2D eigenvalue weighted by Gasteiger charge is -2.11. The number of benzene rings is 2. The molecule has 31 heavy (non-hydrogen) atoms. The van der Waals surface area contributed by atoms with E-state index < -0.39 is 10.0 Å². The van der Waals surface area contributed by atoms with Gasteiger partial charge in [-0.25, -0.2) is 13.6 Å². The van der Waals surface area contributed by atoms with Crippen LogP contribution in [0.1, 0.15) is 36.3 Å². The maximum absolute atomic E-state index is 12.5. The van der Waals surface area contributed by atoms with E-state index in [1.165, 1.54) is 18.2 Å². The number of primary sulfonamides is 1. The minimum absolute atomic E-state index is 0.0296. The van der Waals surface area contributed by atoms with Crippen LogP contribution in [0.3, 0.4) is 0 Å². The second-order valence-corrected chi connectivity index (χ2v) is 8.86. The van der Waals surface area contributed by atoms with Gasteiger partial charge >= 0.3 is 0 Å². The molecule has 3 aromatic rings. The smallest absolute Gasteiger partial charge is 0.244 e. The predicted octanol–water partition coefficient (Wildman–Crippen LogP) is 3.82. The van der Waals surface area contributed by atoms with Crippen LogP contribution in [-0.4, -0.2) is 20.9 Å². The molecule has 7 nitrogen and oxygen atoms in total. The minimum atomic E-state index is -3.74. The lowest BCUT2D eigenvalue weighted by molar-refractivity contribution is -0.116. The van der Waals surface area contributed by atoms with Crippen LogP contribution in [0.4, 0.5) is 0 Å². The summed E-state index contributed by atoms with van der Waals surface area (Å²) in [4.78, 5) is 12.5. The fourth-order valence-electron chi connectivity index (χ4n) is 3.26. The Kier molecular flexibility index (Phi) is 6.52. The summed E-state index contributed by atoms with van der Waals surface area (Å²) < 4.78 is 34.2. The van der Waals surface area contributed by atoms with Crippen molar-refractivity contribution in [2.75, 3.05) is 6.61 Å². The highest BCUT2D eigenvalue weighted by molar-refractivity contribution is 7.89. The predicted molar refractivity (Wildman–Crippen MR) is 120 cm³/mol. The first-order valence-electron chi connectivity index (χ1n) is 9.85. The maximum Gasteiger partial charge on any atom is 0.244 e. The zero-order chi connectivity index (χ0) is 22.8. The molecule has 0 spiro atoms. The van der Waals surface area contributed by atoms with Crippen molar-refractivity contribution in [2.24, 2.45) is 5.14 Å². The van der Waals surface area contributed by atoms with Gasteiger partial charge in [0.05, 0.1) is 11.5 Å². The van der Waals surface area contributed by atoms with Gasteiger partial charge in [-0.05, 0) is 62.6 Å². The number of hydrogen-bond acceptors (Lipinski definition) is 5. The number of furan rings is 1. The molecule has 0 fully saturated rings. The minimum Gasteiger partial charge on any atom is -0.493 e. The molecule has 0 aliphatic rings. The molecule has 0 aliphatic carbocycles. The molecule has 0 unspecified atom stereocenters. The van der Waals surface area contributed by atoms with Gasteiger partial charge in [-0.2, -0.15) is 0 Å². The molecule has 0 saturated heterocycles. The van der Waals surface area contributed by atoms with Crippen molar-refractivity contribution in [3.8, 4) is 5.75 Å². The lowest BCUT2D eigenvalue weighted by Crippen LogP contribution is -2.20. The summed E-state index contributed by atoms with van der Waals surface area (Å²) in [5.41, 5.74) is 4.14. The highest BCUT2D eigenvalue weighted by atomic mass is 32.2. The molecular weight excluding hydrogens is 416 g/mol. The van der Waals surface area contributed by atoms with E-state index in [1.54, 1.807) is 12.1 Å². The summed E-state index contributed by atoms with van der Waals surface area (Å²) in [5, 5.41) is 8.89. The van der Waals surface area contributed by atoms with E-state index in [1.807, 2.05) is 39.8 Å². The number of carbonyl (C=O) groups is 1. The Labute approximate surface area is 181 Å². The van der Waals surface area contributed by atoms with Gasteiger partial charge in [-0.3, -0.25) is 4.79 Å². The molecule has 1 amide bonds. The van der Waals surface area contributed by atoms with E-state index >= 15 is 0 Å². The van der Waals surface area contributed by atoms with E-state index in [0.717, 1.165) is 39.0 Å². The largest absolute Gasteiger partial charge is 0.493 e. The molecule has 0 atom stereocenters. The molecule has 2 aromatic carbocycles. The fraction of sp³-hybridized carbons (Fsp3) is 0.261. The van der Waals surface area contributed by atoms with Gasteiger partial charge in [-0.1, -0.05) is 12.1 Å². The number of carbonyl (C=O) groups excluding carboxylic acids is 1. The molecule has 3 rings (SSSR count). The molecule has 1 aromatic heterocycles. The summed E-state index contributed by atoms with van der Waals surface area (Å²) in [6.07, 6.45) is 1.52. The van der Waals surface area contributed by atoms with Gasteiger partial charge in [-0.15, -0.1) is 0 Å². The van der Waals surface area contributed by atoms with Crippen molar-refractivity contribution in [3.63, 3.8) is 0 Å². The summed E-state index contributed by atoms with van der Waals surface area (Å²) in [6, 6.07) is 9.89. The highest BCUT2D eigenvalue weighted by Gasteiger charge is 2.15. The first kappa shape index (κ1) is 22.6. The quantitative estimate of drug-likeness (QED) is 0.540. The number of allylic oxidation sites excluding steroid dienone is 1. The molecule has 1 heterocycles. The third-order valence-electron chi connectivity index (χ3n) is 5.07. The van der Waals surface area contributed by atoms with Crippen molar-refractivity contribution in [1.82, 2.24) is 5.32 Å². The average Bonchev–Trinajstić information content (AvgIpc) is 2.98. The first-order valence-corrected chi connectivity index (χ1v) is 11.4. The average molecular weight is 443 g/mol. The Morgan fingerprint density at radius 1 is 1.19 bits per heavy atom. The number of sulfonamides is 1. The Hall–Kier alpha value is -3.10. The van der Waals surface area contributed by atoms with Gasteiger partial charge in [0.1, 0.15) is 17.1 Å². The number of hydrogen-bond donors (Lipinski definition) is 2. The zero-order valence-corrected chi connectivity index (χ0v) is 18.8. The topological polar surface area (TPSA) is 112 Å². The van der Waals surface area contributed by atoms with Crippen molar-refractivity contribution in [1.29, 1.82) is 0 Å². The molecule has 8 heteroatoms. The molecule has 0 bridgehead atoms. The third kappa shape index (κ3) is 5.15. The molecule has 164 valence electrons. The molecule has 0 aliphatic heterocycles. The van der Waals surface area contributed by atoms with E-state index in [9.17, 15) is 13.2 Å². The first-order chi connectivity index (χ1) is 14.6. The fourth-order valence-corrected chi connectivity index (χ4v) is 3.78. The number of nitrogens with one attached hydrogen (secondary N) is 1. The Morgan fingerprint density at radius 2 is 1.87 bits per heavy atom. The van der Waals surface area contributed by atoms with Gasteiger partial charge in [0.25, 0.3) is 0 Å². The van der Waals surface area contributed by atoms with Crippen LogP contribution in [0.2, 0.25) is 0 Å². The van der Waals surface area contributed by atoms with Crippen molar-refractivity contribution in [3.05, 3.63) is 64.9 Å². The van der Waals surface area contributed by atoms with Crippen molar-refractivity contribution in [2.45, 2.75) is 39.1 Å². The molecular formula is C23H26N2O5S. The molecule has 0 radical (unpaired) electrons. The van der Waals surface area contributed by atoms with Crippen LogP contribution in [0.15, 0.2) is 51.8 Å². The SMILES string of the molecule is CCOc1cc2oc(C)c(C)c2cc1/C(C)=C/C(=O)NCc1ccc(S(N)(=O)=O)cc1. The van der Waals surface area contributed by atoms with Crippen molar-refractivity contribution >= 4 is 32.5 Å². The summed E-state index contributed by atoms with van der Waals surface area (Å²) >= 11 is 0. The second-order valence-electron chi connectivity index (χ2n) is 7.29. The van der Waals surface area contributed by atoms with E-state index in [0.29, 0.717) is 12.4 Å². The third-order valence-corrected chi connectivity index (χ3v) is 6.00. The molecule has 0 saturated carbocycles. The Balaban J connectivity index is 1.79. The summed E-state index contributed by atoms with van der Waals surface area (Å²) in [5.74, 6) is 1.24. The van der Waals surface area contributed by atoms with Crippen LogP contribution in [-0.2, 0) is 21.4 Å². The Bertz CT molecular complexity index is 1260. The van der Waals surface area contributed by atoms with Gasteiger partial charge in [0.2, 0.25) is 15.9 Å². The van der Waals surface area contributed by atoms with Crippen LogP contribution in [0, 0.1) is 13.8 Å². The normalized spacial score (nSPS) is 12.2. The number of ether oxygens (including phenoxy) is 1. The highest BCUT2D eigenvalue weighted by Crippen LogP contribution is 2.35. The van der Waals surface area contributed by atoms with Gasteiger partial charge in [0, 0.05) is 29.6 Å². The van der Waals surface area contributed by atoms with Gasteiger partial charge < -0.3 is 14.5 Å². The zero-order valence-electron chi connectivity index (χ0n) is 18.0. The standard InChI is InChI=1S/C23H26N2O5S/c1-5-29-21-12-22-20(15(3)16(4)30-22)11-19(21)14(2)10-23(26)25-13-17-6-8-18(9-7-17)31(24,27)28/h6-12H,5,13H2,1-4H3,(H,25,26)(H2,24,27,28)/b14-10+. The van der Waals surface area contributed by atoms with E-state index in [-0.39, 0.29) is 17.3 Å². The van der Waals surface area contributed by atoms with Crippen LogP contribution >= 0.6 is 0 Å². The molecule has 3 N–H and O–H groups in total. The Morgan fingerprint density at radius 3 is 2.48 bits per heavy atom. The number of nitrogens with two attached hydrogens (primary N) is 1. The van der Waals surface area contributed by atoms with Crippen LogP contribution in [0.25, 0.3) is 16.5 Å². The summed E-state index contributed by atoms with van der Waals surface area (Å²) in [7, 11) is -3.74. The lowest BCUT2D eigenvalue weighted by atomic mass is 10.0. The maximum atomic E-state index is 12.5.